The lowest BCUT2D eigenvalue weighted by Crippen LogP contribution is -2.23. The standard InChI is InChI=1S/C23H24N4O2/c28-21-5-2-12-27(21)14-15-6-8-17(9-7-15)23(29)24-18-10-11-19-20(13-18)26-22(25-19)16-3-1-4-16/h6-11,13,16H,1-5,12,14H2,(H,24,29)(H,25,26). The number of aromatic amines is 1. The summed E-state index contributed by atoms with van der Waals surface area (Å²) >= 11 is 0. The molecule has 2 fully saturated rings. The lowest BCUT2D eigenvalue weighted by atomic mass is 9.85. The molecule has 1 saturated carbocycles. The number of carbonyl (C=O) groups is 2. The zero-order valence-electron chi connectivity index (χ0n) is 16.3. The first-order valence-corrected chi connectivity index (χ1v) is 10.3. The number of hydrogen-bond donors (Lipinski definition) is 2. The maximum atomic E-state index is 12.6. The average molecular weight is 388 g/mol. The van der Waals surface area contributed by atoms with Crippen LogP contribution in [0.15, 0.2) is 42.5 Å². The molecule has 1 aliphatic heterocycles. The molecular formula is C23H24N4O2. The van der Waals surface area contributed by atoms with E-state index in [0.717, 1.165) is 41.1 Å². The Morgan fingerprint density at radius 3 is 2.66 bits per heavy atom. The zero-order valence-corrected chi connectivity index (χ0v) is 16.3. The molecule has 148 valence electrons. The summed E-state index contributed by atoms with van der Waals surface area (Å²) in [5.74, 6) is 1.67. The van der Waals surface area contributed by atoms with Crippen molar-refractivity contribution in [1.82, 2.24) is 14.9 Å². The highest BCUT2D eigenvalue weighted by Crippen LogP contribution is 2.35. The fourth-order valence-electron chi connectivity index (χ4n) is 4.04. The number of likely N-dealkylation sites (tertiary alicyclic amines) is 1. The van der Waals surface area contributed by atoms with Crippen LogP contribution in [-0.2, 0) is 11.3 Å². The third-order valence-electron chi connectivity index (χ3n) is 6.01. The monoisotopic (exact) mass is 388 g/mol. The number of fused-ring (bicyclic) bond motifs is 1. The van der Waals surface area contributed by atoms with Gasteiger partial charge in [-0.1, -0.05) is 18.6 Å². The number of nitrogens with zero attached hydrogens (tertiary/aromatic N) is 2. The fourth-order valence-corrected chi connectivity index (χ4v) is 4.04. The Morgan fingerprint density at radius 1 is 1.14 bits per heavy atom. The average Bonchev–Trinajstić information content (AvgIpc) is 3.26. The second-order valence-corrected chi connectivity index (χ2v) is 8.05. The summed E-state index contributed by atoms with van der Waals surface area (Å²) in [6, 6.07) is 13.2. The molecule has 0 atom stereocenters. The summed E-state index contributed by atoms with van der Waals surface area (Å²) < 4.78 is 0. The molecule has 2 N–H and O–H groups in total. The quantitative estimate of drug-likeness (QED) is 0.687. The van der Waals surface area contributed by atoms with Gasteiger partial charge in [0.1, 0.15) is 5.82 Å². The van der Waals surface area contributed by atoms with Crippen LogP contribution >= 0.6 is 0 Å². The van der Waals surface area contributed by atoms with Crippen LogP contribution in [0.25, 0.3) is 11.0 Å². The van der Waals surface area contributed by atoms with E-state index in [2.05, 4.69) is 15.3 Å². The van der Waals surface area contributed by atoms with Gasteiger partial charge in [-0.3, -0.25) is 9.59 Å². The van der Waals surface area contributed by atoms with Crippen molar-refractivity contribution in [3.63, 3.8) is 0 Å². The molecular weight excluding hydrogens is 364 g/mol. The highest BCUT2D eigenvalue weighted by atomic mass is 16.2. The highest BCUT2D eigenvalue weighted by Gasteiger charge is 2.23. The van der Waals surface area contributed by atoms with Crippen molar-refractivity contribution >= 4 is 28.5 Å². The van der Waals surface area contributed by atoms with Crippen LogP contribution in [0.5, 0.6) is 0 Å². The first-order valence-electron chi connectivity index (χ1n) is 10.3. The Bertz CT molecular complexity index is 1070. The van der Waals surface area contributed by atoms with Gasteiger partial charge in [-0.2, -0.15) is 0 Å². The van der Waals surface area contributed by atoms with E-state index in [0.29, 0.717) is 24.4 Å². The summed E-state index contributed by atoms with van der Waals surface area (Å²) in [6.07, 6.45) is 5.25. The van der Waals surface area contributed by atoms with Gasteiger partial charge in [-0.05, 0) is 55.2 Å². The molecule has 2 aliphatic rings. The number of rotatable bonds is 5. The van der Waals surface area contributed by atoms with Crippen molar-refractivity contribution in [2.45, 2.75) is 44.6 Å². The molecule has 3 aromatic rings. The minimum atomic E-state index is -0.146. The van der Waals surface area contributed by atoms with Gasteiger partial charge in [0.25, 0.3) is 5.91 Å². The molecule has 2 amide bonds. The highest BCUT2D eigenvalue weighted by molar-refractivity contribution is 6.05. The van der Waals surface area contributed by atoms with Crippen LogP contribution in [0, 0.1) is 0 Å². The molecule has 6 heteroatoms. The van der Waals surface area contributed by atoms with E-state index in [9.17, 15) is 9.59 Å². The summed E-state index contributed by atoms with van der Waals surface area (Å²) in [5, 5.41) is 2.97. The van der Waals surface area contributed by atoms with Gasteiger partial charge >= 0.3 is 0 Å². The fraction of sp³-hybridized carbons (Fsp3) is 0.348. The molecule has 1 aliphatic carbocycles. The van der Waals surface area contributed by atoms with Gasteiger partial charge in [0.15, 0.2) is 0 Å². The maximum absolute atomic E-state index is 12.6. The Labute approximate surface area is 169 Å². The smallest absolute Gasteiger partial charge is 0.255 e. The number of hydrogen-bond acceptors (Lipinski definition) is 3. The lowest BCUT2D eigenvalue weighted by Gasteiger charge is -2.22. The summed E-state index contributed by atoms with van der Waals surface area (Å²) in [6.45, 7) is 1.43. The van der Waals surface area contributed by atoms with Crippen LogP contribution in [0.1, 0.15) is 59.8 Å². The zero-order chi connectivity index (χ0) is 19.8. The molecule has 0 radical (unpaired) electrons. The van der Waals surface area contributed by atoms with Crippen molar-refractivity contribution in [3.8, 4) is 0 Å². The molecule has 0 bridgehead atoms. The van der Waals surface area contributed by atoms with E-state index in [4.69, 9.17) is 0 Å². The number of amides is 2. The summed E-state index contributed by atoms with van der Waals surface area (Å²) in [7, 11) is 0. The molecule has 2 heterocycles. The molecule has 5 rings (SSSR count). The van der Waals surface area contributed by atoms with E-state index >= 15 is 0 Å². The second-order valence-electron chi connectivity index (χ2n) is 8.05. The van der Waals surface area contributed by atoms with Crippen LogP contribution in [-0.4, -0.2) is 33.2 Å². The largest absolute Gasteiger partial charge is 0.342 e. The van der Waals surface area contributed by atoms with Crippen molar-refractivity contribution in [1.29, 1.82) is 0 Å². The van der Waals surface area contributed by atoms with Gasteiger partial charge < -0.3 is 15.2 Å². The van der Waals surface area contributed by atoms with Crippen LogP contribution in [0.3, 0.4) is 0 Å². The predicted octanol–water partition coefficient (Wildman–Crippen LogP) is 4.21. The molecule has 1 saturated heterocycles. The number of nitrogens with one attached hydrogen (secondary N) is 2. The Kier molecular flexibility index (Phi) is 4.54. The molecule has 29 heavy (non-hydrogen) atoms. The van der Waals surface area contributed by atoms with Crippen LogP contribution in [0.2, 0.25) is 0 Å². The Balaban J connectivity index is 1.26. The summed E-state index contributed by atoms with van der Waals surface area (Å²) in [5.41, 5.74) is 4.28. The topological polar surface area (TPSA) is 78.1 Å². The third-order valence-corrected chi connectivity index (χ3v) is 6.01. The van der Waals surface area contributed by atoms with Gasteiger partial charge in [-0.15, -0.1) is 0 Å². The van der Waals surface area contributed by atoms with Gasteiger partial charge in [-0.25, -0.2) is 4.98 Å². The second kappa shape index (κ2) is 7.35. The van der Waals surface area contributed by atoms with Gasteiger partial charge in [0, 0.05) is 36.7 Å². The van der Waals surface area contributed by atoms with Crippen LogP contribution in [0.4, 0.5) is 5.69 Å². The summed E-state index contributed by atoms with van der Waals surface area (Å²) in [4.78, 5) is 34.3. The Morgan fingerprint density at radius 2 is 1.97 bits per heavy atom. The predicted molar refractivity (Wildman–Crippen MR) is 112 cm³/mol. The molecule has 0 unspecified atom stereocenters. The normalized spacial score (nSPS) is 17.0. The number of aromatic nitrogens is 2. The van der Waals surface area contributed by atoms with Crippen molar-refractivity contribution in [2.75, 3.05) is 11.9 Å². The first-order chi connectivity index (χ1) is 14.2. The van der Waals surface area contributed by atoms with E-state index in [-0.39, 0.29) is 11.8 Å². The lowest BCUT2D eigenvalue weighted by molar-refractivity contribution is -0.128. The number of imidazole rings is 1. The minimum Gasteiger partial charge on any atom is -0.342 e. The molecule has 2 aromatic carbocycles. The van der Waals surface area contributed by atoms with Gasteiger partial charge in [0.2, 0.25) is 5.91 Å². The van der Waals surface area contributed by atoms with E-state index in [1.54, 1.807) is 0 Å². The van der Waals surface area contributed by atoms with E-state index in [1.165, 1.54) is 19.3 Å². The number of carbonyl (C=O) groups excluding carboxylic acids is 2. The van der Waals surface area contributed by atoms with Crippen molar-refractivity contribution < 1.29 is 9.59 Å². The number of H-pyrrole nitrogens is 1. The van der Waals surface area contributed by atoms with E-state index in [1.807, 2.05) is 47.4 Å². The first kappa shape index (κ1) is 17.9. The van der Waals surface area contributed by atoms with Crippen molar-refractivity contribution in [3.05, 3.63) is 59.4 Å². The third kappa shape index (κ3) is 3.62. The number of benzene rings is 2. The molecule has 1 aromatic heterocycles. The SMILES string of the molecule is O=C(Nc1ccc2nc(C3CCC3)[nH]c2c1)c1ccc(CN2CCCC2=O)cc1. The molecule has 0 spiro atoms. The maximum Gasteiger partial charge on any atom is 0.255 e. The van der Waals surface area contributed by atoms with Gasteiger partial charge in [0.05, 0.1) is 11.0 Å². The molecule has 6 nitrogen and oxygen atoms in total. The van der Waals surface area contributed by atoms with E-state index < -0.39 is 0 Å². The minimum absolute atomic E-state index is 0.146. The van der Waals surface area contributed by atoms with Crippen molar-refractivity contribution in [2.24, 2.45) is 0 Å². The Hall–Kier alpha value is -3.15. The van der Waals surface area contributed by atoms with Crippen LogP contribution < -0.4 is 5.32 Å². The number of anilines is 1.